The summed E-state index contributed by atoms with van der Waals surface area (Å²) in [4.78, 5) is 18.6. The number of amides is 1. The summed E-state index contributed by atoms with van der Waals surface area (Å²) in [5.41, 5.74) is 2.60. The Bertz CT molecular complexity index is 827. The molecule has 1 aromatic carbocycles. The van der Waals surface area contributed by atoms with Crippen LogP contribution in [0.25, 0.3) is 5.82 Å². The van der Waals surface area contributed by atoms with Gasteiger partial charge in [0.05, 0.1) is 0 Å². The highest BCUT2D eigenvalue weighted by atomic mass is 16.1. The van der Waals surface area contributed by atoms with Crippen LogP contribution in [0, 0.1) is 0 Å². The average molecular weight is 321 g/mol. The van der Waals surface area contributed by atoms with Crippen molar-refractivity contribution >= 4 is 11.6 Å². The van der Waals surface area contributed by atoms with Gasteiger partial charge in [-0.05, 0) is 42.0 Å². The van der Waals surface area contributed by atoms with Crippen molar-refractivity contribution in [3.05, 3.63) is 72.2 Å². The van der Waals surface area contributed by atoms with Crippen LogP contribution in [0.1, 0.15) is 15.9 Å². The lowest BCUT2D eigenvalue weighted by Gasteiger charge is -2.13. The Balaban J connectivity index is 1.68. The standard InChI is InChI=1S/C18H19N5O/c1-22(2)16-6-3-5-15(12-16)18(24)20-13-14-7-9-19-17(11-14)23-10-4-8-21-23/h3-12H,13H2,1-2H3,(H,20,24). The fraction of sp³-hybridized carbons (Fsp3) is 0.167. The molecule has 122 valence electrons. The van der Waals surface area contributed by atoms with E-state index in [2.05, 4.69) is 15.4 Å². The zero-order chi connectivity index (χ0) is 16.9. The molecule has 0 fully saturated rings. The minimum absolute atomic E-state index is 0.101. The average Bonchev–Trinajstić information content (AvgIpc) is 3.15. The summed E-state index contributed by atoms with van der Waals surface area (Å²) >= 11 is 0. The van der Waals surface area contributed by atoms with Crippen molar-refractivity contribution < 1.29 is 4.79 Å². The van der Waals surface area contributed by atoms with E-state index < -0.39 is 0 Å². The third kappa shape index (κ3) is 3.60. The highest BCUT2D eigenvalue weighted by molar-refractivity contribution is 5.95. The van der Waals surface area contributed by atoms with Crippen LogP contribution in [0.15, 0.2) is 61.1 Å². The molecular formula is C18H19N5O. The second-order valence-electron chi connectivity index (χ2n) is 5.60. The summed E-state index contributed by atoms with van der Waals surface area (Å²) in [6.45, 7) is 0.432. The first-order valence-corrected chi connectivity index (χ1v) is 7.64. The molecule has 1 amide bonds. The van der Waals surface area contributed by atoms with Crippen molar-refractivity contribution in [3.8, 4) is 5.82 Å². The molecule has 0 saturated carbocycles. The third-order valence-corrected chi connectivity index (χ3v) is 3.63. The summed E-state index contributed by atoms with van der Waals surface area (Å²) in [6.07, 6.45) is 5.25. The molecule has 0 spiro atoms. The molecule has 2 aromatic heterocycles. The van der Waals surface area contributed by atoms with E-state index in [9.17, 15) is 4.79 Å². The maximum atomic E-state index is 12.3. The fourth-order valence-electron chi connectivity index (χ4n) is 2.31. The molecule has 6 heteroatoms. The van der Waals surface area contributed by atoms with E-state index >= 15 is 0 Å². The first-order valence-electron chi connectivity index (χ1n) is 7.64. The molecule has 0 unspecified atom stereocenters. The number of carbonyl (C=O) groups is 1. The minimum Gasteiger partial charge on any atom is -0.378 e. The largest absolute Gasteiger partial charge is 0.378 e. The lowest BCUT2D eigenvalue weighted by atomic mass is 10.1. The number of carbonyl (C=O) groups excluding carboxylic acids is 1. The molecule has 0 aliphatic rings. The molecule has 0 radical (unpaired) electrons. The van der Waals surface area contributed by atoms with Crippen molar-refractivity contribution in [2.75, 3.05) is 19.0 Å². The van der Waals surface area contributed by atoms with Crippen LogP contribution >= 0.6 is 0 Å². The topological polar surface area (TPSA) is 63.1 Å². The monoisotopic (exact) mass is 321 g/mol. The van der Waals surface area contributed by atoms with Gasteiger partial charge in [-0.2, -0.15) is 5.10 Å². The first kappa shape index (κ1) is 15.7. The van der Waals surface area contributed by atoms with E-state index in [1.807, 2.05) is 67.7 Å². The fourth-order valence-corrected chi connectivity index (χ4v) is 2.31. The Morgan fingerprint density at radius 3 is 2.79 bits per heavy atom. The van der Waals surface area contributed by atoms with Crippen molar-refractivity contribution in [2.24, 2.45) is 0 Å². The number of benzene rings is 1. The summed E-state index contributed by atoms with van der Waals surface area (Å²) < 4.78 is 1.69. The van der Waals surface area contributed by atoms with Crippen LogP contribution in [0.2, 0.25) is 0 Å². The zero-order valence-electron chi connectivity index (χ0n) is 13.7. The number of rotatable bonds is 5. The van der Waals surface area contributed by atoms with Crippen LogP contribution in [0.3, 0.4) is 0 Å². The van der Waals surface area contributed by atoms with Crippen LogP contribution in [0.5, 0.6) is 0 Å². The number of aromatic nitrogens is 3. The summed E-state index contributed by atoms with van der Waals surface area (Å²) in [5.74, 6) is 0.623. The molecule has 6 nitrogen and oxygen atoms in total. The Hall–Kier alpha value is -3.15. The molecule has 2 heterocycles. The maximum Gasteiger partial charge on any atom is 0.251 e. The summed E-state index contributed by atoms with van der Waals surface area (Å²) in [5, 5.41) is 7.10. The van der Waals surface area contributed by atoms with Gasteiger partial charge in [0.2, 0.25) is 0 Å². The van der Waals surface area contributed by atoms with E-state index in [4.69, 9.17) is 0 Å². The van der Waals surface area contributed by atoms with Gasteiger partial charge in [-0.25, -0.2) is 9.67 Å². The number of pyridine rings is 1. The van der Waals surface area contributed by atoms with Gasteiger partial charge in [-0.1, -0.05) is 6.07 Å². The van der Waals surface area contributed by atoms with Gasteiger partial charge in [-0.3, -0.25) is 4.79 Å². The number of nitrogens with one attached hydrogen (secondary N) is 1. The Labute approximate surface area is 140 Å². The van der Waals surface area contributed by atoms with E-state index in [0.717, 1.165) is 17.1 Å². The van der Waals surface area contributed by atoms with Gasteiger partial charge in [0.15, 0.2) is 5.82 Å². The van der Waals surface area contributed by atoms with Crippen LogP contribution in [-0.2, 0) is 6.54 Å². The van der Waals surface area contributed by atoms with E-state index in [0.29, 0.717) is 12.1 Å². The Kier molecular flexibility index (Phi) is 4.56. The molecule has 0 atom stereocenters. The van der Waals surface area contributed by atoms with E-state index in [-0.39, 0.29) is 5.91 Å². The third-order valence-electron chi connectivity index (χ3n) is 3.63. The molecule has 0 saturated heterocycles. The molecule has 3 rings (SSSR count). The lowest BCUT2D eigenvalue weighted by Crippen LogP contribution is -2.23. The van der Waals surface area contributed by atoms with Crippen molar-refractivity contribution in [2.45, 2.75) is 6.54 Å². The maximum absolute atomic E-state index is 12.3. The predicted octanol–water partition coefficient (Wildman–Crippen LogP) is 2.26. The number of hydrogen-bond acceptors (Lipinski definition) is 4. The number of hydrogen-bond donors (Lipinski definition) is 1. The normalized spacial score (nSPS) is 10.4. The summed E-state index contributed by atoms with van der Waals surface area (Å²) in [7, 11) is 3.90. The SMILES string of the molecule is CN(C)c1cccc(C(=O)NCc2ccnc(-n3cccn3)c2)c1. The Morgan fingerprint density at radius 2 is 2.04 bits per heavy atom. The van der Waals surface area contributed by atoms with Gasteiger partial charge < -0.3 is 10.2 Å². The van der Waals surface area contributed by atoms with Gasteiger partial charge in [0, 0.05) is 50.5 Å². The van der Waals surface area contributed by atoms with Crippen LogP contribution < -0.4 is 10.2 Å². The molecule has 0 aliphatic carbocycles. The molecule has 0 aliphatic heterocycles. The number of anilines is 1. The predicted molar refractivity (Wildman–Crippen MR) is 93.3 cm³/mol. The van der Waals surface area contributed by atoms with Crippen LogP contribution in [-0.4, -0.2) is 34.8 Å². The molecular weight excluding hydrogens is 302 g/mol. The highest BCUT2D eigenvalue weighted by Gasteiger charge is 2.07. The zero-order valence-corrected chi connectivity index (χ0v) is 13.7. The first-order chi connectivity index (χ1) is 11.6. The Morgan fingerprint density at radius 1 is 1.17 bits per heavy atom. The van der Waals surface area contributed by atoms with Gasteiger partial charge in [0.25, 0.3) is 5.91 Å². The van der Waals surface area contributed by atoms with Crippen molar-refractivity contribution in [1.29, 1.82) is 0 Å². The van der Waals surface area contributed by atoms with Crippen molar-refractivity contribution in [1.82, 2.24) is 20.1 Å². The van der Waals surface area contributed by atoms with Crippen molar-refractivity contribution in [3.63, 3.8) is 0 Å². The quantitative estimate of drug-likeness (QED) is 0.783. The second kappa shape index (κ2) is 6.95. The van der Waals surface area contributed by atoms with Gasteiger partial charge in [-0.15, -0.1) is 0 Å². The molecule has 24 heavy (non-hydrogen) atoms. The molecule has 0 bridgehead atoms. The molecule has 3 aromatic rings. The van der Waals surface area contributed by atoms with Gasteiger partial charge >= 0.3 is 0 Å². The van der Waals surface area contributed by atoms with E-state index in [1.54, 1.807) is 17.1 Å². The second-order valence-corrected chi connectivity index (χ2v) is 5.60. The van der Waals surface area contributed by atoms with Gasteiger partial charge in [0.1, 0.15) is 0 Å². The lowest BCUT2D eigenvalue weighted by molar-refractivity contribution is 0.0951. The number of nitrogens with zero attached hydrogens (tertiary/aromatic N) is 4. The molecule has 1 N–H and O–H groups in total. The highest BCUT2D eigenvalue weighted by Crippen LogP contribution is 2.13. The smallest absolute Gasteiger partial charge is 0.251 e. The summed E-state index contributed by atoms with van der Waals surface area (Å²) in [6, 6.07) is 13.2. The minimum atomic E-state index is -0.101. The van der Waals surface area contributed by atoms with E-state index in [1.165, 1.54) is 0 Å². The van der Waals surface area contributed by atoms with Crippen LogP contribution in [0.4, 0.5) is 5.69 Å².